The summed E-state index contributed by atoms with van der Waals surface area (Å²) in [4.78, 5) is 14.6. The van der Waals surface area contributed by atoms with Gasteiger partial charge in [0.1, 0.15) is 12.1 Å². The summed E-state index contributed by atoms with van der Waals surface area (Å²) in [6.07, 6.45) is 1.63. The molecule has 5 nitrogen and oxygen atoms in total. The molecule has 146 valence electrons. The van der Waals surface area contributed by atoms with Crippen LogP contribution in [0.1, 0.15) is 6.92 Å². The standard InChI is InChI=1S/C22H19N5S.ClH/c1-3-27-20-12-17-16(11-18(20)25-22(27)28)21(24-13-23-17)26(2)19-10-6-8-14-7-4-5-9-15(14)19;/h4-13H,3H2,1-2H3,(H,25,28);1H. The molecule has 0 atom stereocenters. The maximum atomic E-state index is 5.47. The Balaban J connectivity index is 0.00000205. The highest BCUT2D eigenvalue weighted by atomic mass is 35.5. The molecule has 0 bridgehead atoms. The van der Waals surface area contributed by atoms with Crippen LogP contribution in [0.5, 0.6) is 0 Å². The molecule has 5 rings (SSSR count). The minimum Gasteiger partial charge on any atom is -0.331 e. The molecule has 0 aliphatic carbocycles. The monoisotopic (exact) mass is 421 g/mol. The van der Waals surface area contributed by atoms with E-state index in [1.165, 1.54) is 10.8 Å². The zero-order valence-electron chi connectivity index (χ0n) is 16.1. The van der Waals surface area contributed by atoms with Crippen molar-refractivity contribution in [2.75, 3.05) is 11.9 Å². The summed E-state index contributed by atoms with van der Waals surface area (Å²) < 4.78 is 2.81. The number of nitrogens with zero attached hydrogens (tertiary/aromatic N) is 4. The number of aromatic nitrogens is 4. The third-order valence-electron chi connectivity index (χ3n) is 5.27. The fourth-order valence-electron chi connectivity index (χ4n) is 3.89. The maximum Gasteiger partial charge on any atom is 0.178 e. The van der Waals surface area contributed by atoms with Crippen LogP contribution in [0.2, 0.25) is 0 Å². The number of rotatable bonds is 3. The van der Waals surface area contributed by atoms with Crippen molar-refractivity contribution in [2.45, 2.75) is 13.5 Å². The van der Waals surface area contributed by atoms with Crippen LogP contribution in [-0.2, 0) is 6.54 Å². The van der Waals surface area contributed by atoms with Crippen molar-refractivity contribution >= 4 is 68.8 Å². The van der Waals surface area contributed by atoms with E-state index < -0.39 is 0 Å². The molecule has 2 heterocycles. The molecule has 0 amide bonds. The van der Waals surface area contributed by atoms with E-state index in [0.717, 1.165) is 44.8 Å². The number of benzene rings is 3. The molecule has 29 heavy (non-hydrogen) atoms. The molecule has 2 aromatic heterocycles. The number of aromatic amines is 1. The van der Waals surface area contributed by atoms with Crippen LogP contribution in [0.15, 0.2) is 60.9 Å². The highest BCUT2D eigenvalue weighted by molar-refractivity contribution is 7.71. The second-order valence-corrected chi connectivity index (χ2v) is 7.20. The molecule has 0 fully saturated rings. The molecule has 1 N–H and O–H groups in total. The Morgan fingerprint density at radius 2 is 1.83 bits per heavy atom. The number of H-pyrrole nitrogens is 1. The lowest BCUT2D eigenvalue weighted by Gasteiger charge is -2.21. The van der Waals surface area contributed by atoms with Crippen molar-refractivity contribution < 1.29 is 0 Å². The van der Waals surface area contributed by atoms with Gasteiger partial charge in [-0.25, -0.2) is 9.97 Å². The minimum absolute atomic E-state index is 0. The van der Waals surface area contributed by atoms with Gasteiger partial charge in [0.25, 0.3) is 0 Å². The van der Waals surface area contributed by atoms with Crippen LogP contribution in [0.3, 0.4) is 0 Å². The van der Waals surface area contributed by atoms with E-state index in [2.05, 4.69) is 85.9 Å². The van der Waals surface area contributed by atoms with Gasteiger partial charge in [0.15, 0.2) is 4.77 Å². The smallest absolute Gasteiger partial charge is 0.178 e. The van der Waals surface area contributed by atoms with Gasteiger partial charge >= 0.3 is 0 Å². The molecule has 0 spiro atoms. The van der Waals surface area contributed by atoms with Gasteiger partial charge < -0.3 is 14.5 Å². The van der Waals surface area contributed by atoms with Crippen LogP contribution >= 0.6 is 24.6 Å². The summed E-state index contributed by atoms with van der Waals surface area (Å²) in [7, 11) is 2.05. The molecule has 0 unspecified atom stereocenters. The van der Waals surface area contributed by atoms with E-state index in [-0.39, 0.29) is 12.4 Å². The average molecular weight is 422 g/mol. The highest BCUT2D eigenvalue weighted by Crippen LogP contribution is 2.34. The highest BCUT2D eigenvalue weighted by Gasteiger charge is 2.15. The van der Waals surface area contributed by atoms with E-state index >= 15 is 0 Å². The number of hydrogen-bond acceptors (Lipinski definition) is 4. The van der Waals surface area contributed by atoms with Gasteiger partial charge in [-0.05, 0) is 42.7 Å². The van der Waals surface area contributed by atoms with Gasteiger partial charge in [0.2, 0.25) is 0 Å². The SMILES string of the molecule is CCn1c(=S)[nH]c2cc3c(N(C)c4cccc5ccccc45)ncnc3cc21.Cl. The van der Waals surface area contributed by atoms with Crippen LogP contribution in [0.25, 0.3) is 32.7 Å². The Morgan fingerprint density at radius 1 is 1.03 bits per heavy atom. The van der Waals surface area contributed by atoms with Gasteiger partial charge in [0, 0.05) is 30.1 Å². The Kier molecular flexibility index (Phi) is 4.98. The Hall–Kier alpha value is -2.96. The normalized spacial score (nSPS) is 11.1. The number of nitrogens with one attached hydrogen (secondary N) is 1. The predicted octanol–water partition coefficient (Wildman–Crippen LogP) is 6.00. The van der Waals surface area contributed by atoms with E-state index in [0.29, 0.717) is 0 Å². The quantitative estimate of drug-likeness (QED) is 0.363. The molecule has 0 radical (unpaired) electrons. The van der Waals surface area contributed by atoms with E-state index in [1.54, 1.807) is 6.33 Å². The van der Waals surface area contributed by atoms with Crippen molar-refractivity contribution in [3.8, 4) is 0 Å². The second kappa shape index (κ2) is 7.46. The third kappa shape index (κ3) is 3.05. The number of imidazole rings is 1. The van der Waals surface area contributed by atoms with E-state index in [4.69, 9.17) is 12.2 Å². The predicted molar refractivity (Wildman–Crippen MR) is 125 cm³/mol. The maximum absolute atomic E-state index is 5.47. The van der Waals surface area contributed by atoms with Crippen molar-refractivity contribution in [2.24, 2.45) is 0 Å². The lowest BCUT2D eigenvalue weighted by atomic mass is 10.1. The fourth-order valence-corrected chi connectivity index (χ4v) is 4.23. The Labute approximate surface area is 179 Å². The summed E-state index contributed by atoms with van der Waals surface area (Å²) in [5.74, 6) is 0.867. The zero-order chi connectivity index (χ0) is 19.3. The first-order valence-corrected chi connectivity index (χ1v) is 9.67. The minimum atomic E-state index is 0. The largest absolute Gasteiger partial charge is 0.331 e. The molecule has 3 aromatic carbocycles. The third-order valence-corrected chi connectivity index (χ3v) is 5.59. The van der Waals surface area contributed by atoms with Crippen molar-refractivity contribution in [3.05, 3.63) is 65.7 Å². The van der Waals surface area contributed by atoms with E-state index in [1.807, 2.05) is 7.05 Å². The molecular formula is C22H20ClN5S. The molecule has 0 aliphatic heterocycles. The summed E-state index contributed by atoms with van der Waals surface area (Å²) in [6, 6.07) is 18.9. The van der Waals surface area contributed by atoms with Gasteiger partial charge in [-0.15, -0.1) is 12.4 Å². The summed E-state index contributed by atoms with van der Waals surface area (Å²) >= 11 is 5.47. The lowest BCUT2D eigenvalue weighted by molar-refractivity contribution is 0.774. The first-order valence-electron chi connectivity index (χ1n) is 9.26. The topological polar surface area (TPSA) is 49.7 Å². The van der Waals surface area contributed by atoms with Crippen LogP contribution < -0.4 is 4.90 Å². The van der Waals surface area contributed by atoms with Gasteiger partial charge in [-0.1, -0.05) is 36.4 Å². The number of aryl methyl sites for hydroxylation is 1. The molecule has 0 aliphatic rings. The average Bonchev–Trinajstić information content (AvgIpc) is 3.04. The van der Waals surface area contributed by atoms with Crippen molar-refractivity contribution in [3.63, 3.8) is 0 Å². The summed E-state index contributed by atoms with van der Waals surface area (Å²) in [5.41, 5.74) is 4.08. The Bertz CT molecular complexity index is 1400. The molecule has 0 saturated heterocycles. The van der Waals surface area contributed by atoms with Crippen LogP contribution in [-0.4, -0.2) is 26.6 Å². The van der Waals surface area contributed by atoms with Gasteiger partial charge in [0.05, 0.1) is 16.6 Å². The van der Waals surface area contributed by atoms with Crippen LogP contribution in [0, 0.1) is 4.77 Å². The summed E-state index contributed by atoms with van der Waals surface area (Å²) in [6.45, 7) is 2.91. The van der Waals surface area contributed by atoms with E-state index in [9.17, 15) is 0 Å². The lowest BCUT2D eigenvalue weighted by Crippen LogP contribution is -2.12. The van der Waals surface area contributed by atoms with Crippen molar-refractivity contribution in [1.29, 1.82) is 0 Å². The van der Waals surface area contributed by atoms with Gasteiger partial charge in [-0.3, -0.25) is 0 Å². The number of anilines is 2. The Morgan fingerprint density at radius 3 is 2.66 bits per heavy atom. The number of halogens is 1. The van der Waals surface area contributed by atoms with Crippen LogP contribution in [0.4, 0.5) is 11.5 Å². The summed E-state index contributed by atoms with van der Waals surface area (Å²) in [5, 5.41) is 3.39. The molecule has 0 saturated carbocycles. The molecule has 7 heteroatoms. The number of fused-ring (bicyclic) bond motifs is 3. The zero-order valence-corrected chi connectivity index (χ0v) is 17.7. The first-order chi connectivity index (χ1) is 13.7. The van der Waals surface area contributed by atoms with Crippen molar-refractivity contribution in [1.82, 2.24) is 19.5 Å². The second-order valence-electron chi connectivity index (χ2n) is 6.82. The fraction of sp³-hybridized carbons (Fsp3) is 0.136. The van der Waals surface area contributed by atoms with Gasteiger partial charge in [-0.2, -0.15) is 0 Å². The molecule has 5 aromatic rings. The number of hydrogen-bond donors (Lipinski definition) is 1. The first kappa shape index (κ1) is 19.4. The molecular weight excluding hydrogens is 402 g/mol.